The molecule has 0 saturated heterocycles. The van der Waals surface area contributed by atoms with Crippen LogP contribution in [-0.4, -0.2) is 15.2 Å². The van der Waals surface area contributed by atoms with Gasteiger partial charge in [0.25, 0.3) is 0 Å². The van der Waals surface area contributed by atoms with Gasteiger partial charge in [0.2, 0.25) is 0 Å². The van der Waals surface area contributed by atoms with Gasteiger partial charge in [-0.2, -0.15) is 0 Å². The van der Waals surface area contributed by atoms with Crippen LogP contribution in [0.15, 0.2) is 34.6 Å². The van der Waals surface area contributed by atoms with Crippen molar-refractivity contribution in [3.8, 4) is 5.75 Å². The summed E-state index contributed by atoms with van der Waals surface area (Å²) in [4.78, 5) is 0. The van der Waals surface area contributed by atoms with E-state index in [1.54, 1.807) is 5.20 Å². The first-order chi connectivity index (χ1) is 10.9. The Labute approximate surface area is 149 Å². The molecular formula is C22H34OSi. The van der Waals surface area contributed by atoms with Crippen LogP contribution in [0.5, 0.6) is 5.75 Å². The molecule has 1 unspecified atom stereocenters. The van der Waals surface area contributed by atoms with Gasteiger partial charge in [-0.05, 0) is 42.9 Å². The zero-order chi connectivity index (χ0) is 18.4. The summed E-state index contributed by atoms with van der Waals surface area (Å²) >= 11 is 0. The summed E-state index contributed by atoms with van der Waals surface area (Å²) in [7, 11) is 0.0112. The highest BCUT2D eigenvalue weighted by atomic mass is 28.3. The molecule has 0 radical (unpaired) electrons. The van der Waals surface area contributed by atoms with Gasteiger partial charge in [-0.15, -0.1) is 0 Å². The molecule has 0 spiro atoms. The molecule has 1 aliphatic carbocycles. The lowest BCUT2D eigenvalue weighted by Crippen LogP contribution is -2.47. The lowest BCUT2D eigenvalue weighted by Gasteiger charge is -2.34. The first kappa shape index (κ1) is 19.0. The van der Waals surface area contributed by atoms with E-state index in [-0.39, 0.29) is 5.41 Å². The molecule has 0 saturated carbocycles. The van der Waals surface area contributed by atoms with Gasteiger partial charge in [0.1, 0.15) is 13.8 Å². The van der Waals surface area contributed by atoms with Crippen LogP contribution < -0.4 is 9.92 Å². The van der Waals surface area contributed by atoms with Crippen molar-refractivity contribution in [3.63, 3.8) is 0 Å². The summed E-state index contributed by atoms with van der Waals surface area (Å²) in [6, 6.07) is 4.68. The number of benzene rings is 1. The molecule has 1 aliphatic rings. The average molecular weight is 343 g/mol. The molecule has 24 heavy (non-hydrogen) atoms. The fraction of sp³-hybridized carbons (Fsp3) is 0.545. The predicted molar refractivity (Wildman–Crippen MR) is 109 cm³/mol. The van der Waals surface area contributed by atoms with Crippen LogP contribution in [0.2, 0.25) is 13.1 Å². The summed E-state index contributed by atoms with van der Waals surface area (Å²) in [6.45, 7) is 20.9. The first-order valence-corrected chi connectivity index (χ1v) is 12.0. The summed E-state index contributed by atoms with van der Waals surface area (Å²) in [5.74, 6) is 1.65. The van der Waals surface area contributed by atoms with Gasteiger partial charge in [-0.1, -0.05) is 80.9 Å². The molecule has 0 heterocycles. The third kappa shape index (κ3) is 3.13. The van der Waals surface area contributed by atoms with Gasteiger partial charge >= 0.3 is 0 Å². The highest BCUT2D eigenvalue weighted by molar-refractivity contribution is 6.96. The van der Waals surface area contributed by atoms with E-state index in [9.17, 15) is 0 Å². The summed E-state index contributed by atoms with van der Waals surface area (Å²) in [6.07, 6.45) is 2.42. The summed E-state index contributed by atoms with van der Waals surface area (Å²) in [5, 5.41) is 3.10. The zero-order valence-electron chi connectivity index (χ0n) is 17.2. The van der Waals surface area contributed by atoms with Crippen LogP contribution in [-0.2, 0) is 5.41 Å². The predicted octanol–water partition coefficient (Wildman–Crippen LogP) is 5.67. The van der Waals surface area contributed by atoms with Crippen molar-refractivity contribution in [2.24, 2.45) is 5.92 Å². The molecule has 2 rings (SSSR count). The number of ether oxygens (including phenoxy) is 1. The summed E-state index contributed by atoms with van der Waals surface area (Å²) in [5.41, 5.74) is 5.69. The lowest BCUT2D eigenvalue weighted by molar-refractivity contribution is 0.400. The lowest BCUT2D eigenvalue weighted by atomic mass is 9.85. The molecule has 0 aliphatic heterocycles. The second kappa shape index (κ2) is 6.22. The van der Waals surface area contributed by atoms with E-state index in [4.69, 9.17) is 4.74 Å². The molecule has 0 N–H and O–H groups in total. The van der Waals surface area contributed by atoms with Crippen LogP contribution in [0.3, 0.4) is 0 Å². The Balaban J connectivity index is 2.75. The van der Waals surface area contributed by atoms with E-state index >= 15 is 0 Å². The largest absolute Gasteiger partial charge is 0.497 e. The molecule has 1 aromatic rings. The van der Waals surface area contributed by atoms with Crippen molar-refractivity contribution in [3.05, 3.63) is 45.7 Å². The Morgan fingerprint density at radius 3 is 2.04 bits per heavy atom. The molecule has 132 valence electrons. The average Bonchev–Trinajstić information content (AvgIpc) is 2.70. The van der Waals surface area contributed by atoms with Gasteiger partial charge in [0, 0.05) is 0 Å². The van der Waals surface area contributed by atoms with Gasteiger partial charge in [0.05, 0.1) is 7.11 Å². The minimum absolute atomic E-state index is 0.0788. The number of allylic oxidation sites excluding steroid dienone is 4. The topological polar surface area (TPSA) is 9.23 Å². The van der Waals surface area contributed by atoms with E-state index in [1.165, 1.54) is 27.5 Å². The fourth-order valence-electron chi connectivity index (χ4n) is 4.33. The molecule has 0 bridgehead atoms. The maximum absolute atomic E-state index is 6.00. The molecule has 0 amide bonds. The van der Waals surface area contributed by atoms with E-state index in [0.717, 1.165) is 5.75 Å². The minimum Gasteiger partial charge on any atom is -0.497 e. The monoisotopic (exact) mass is 342 g/mol. The van der Waals surface area contributed by atoms with Crippen molar-refractivity contribution in [1.29, 1.82) is 0 Å². The normalized spacial score (nSPS) is 18.9. The van der Waals surface area contributed by atoms with Crippen LogP contribution in [0.25, 0.3) is 0 Å². The van der Waals surface area contributed by atoms with Gasteiger partial charge in [-0.25, -0.2) is 0 Å². The third-order valence-electron chi connectivity index (χ3n) is 5.54. The Kier molecular flexibility index (Phi) is 4.93. The van der Waals surface area contributed by atoms with Crippen LogP contribution in [0, 0.1) is 12.8 Å². The minimum atomic E-state index is -1.82. The van der Waals surface area contributed by atoms with Crippen LogP contribution >= 0.6 is 0 Å². The molecule has 1 atom stereocenters. The van der Waals surface area contributed by atoms with E-state index in [1.807, 2.05) is 7.11 Å². The third-order valence-corrected chi connectivity index (χ3v) is 9.44. The van der Waals surface area contributed by atoms with Crippen LogP contribution in [0.4, 0.5) is 0 Å². The first-order valence-electron chi connectivity index (χ1n) is 9.01. The number of rotatable bonds is 3. The summed E-state index contributed by atoms with van der Waals surface area (Å²) < 4.78 is 6.00. The fourth-order valence-corrected chi connectivity index (χ4v) is 8.37. The quantitative estimate of drug-likeness (QED) is 0.643. The zero-order valence-corrected chi connectivity index (χ0v) is 18.2. The second-order valence-corrected chi connectivity index (χ2v) is 13.3. The van der Waals surface area contributed by atoms with Crippen molar-refractivity contribution in [2.45, 2.75) is 67.0 Å². The Morgan fingerprint density at radius 2 is 1.62 bits per heavy atom. The van der Waals surface area contributed by atoms with E-state index in [2.05, 4.69) is 79.8 Å². The Bertz CT molecular complexity index is 714. The van der Waals surface area contributed by atoms with Gasteiger partial charge < -0.3 is 4.74 Å². The van der Waals surface area contributed by atoms with Gasteiger partial charge in [0.15, 0.2) is 0 Å². The number of hydrogen-bond acceptors (Lipinski definition) is 1. The highest BCUT2D eigenvalue weighted by Crippen LogP contribution is 2.39. The van der Waals surface area contributed by atoms with E-state index in [0.29, 0.717) is 5.92 Å². The van der Waals surface area contributed by atoms with Crippen molar-refractivity contribution in [1.82, 2.24) is 0 Å². The van der Waals surface area contributed by atoms with Crippen molar-refractivity contribution >= 4 is 13.3 Å². The second-order valence-electron chi connectivity index (χ2n) is 8.95. The Hall–Kier alpha value is -1.28. The maximum Gasteiger partial charge on any atom is 0.122 e. The number of methoxy groups -OCH3 is 1. The molecular weight excluding hydrogens is 308 g/mol. The highest BCUT2D eigenvalue weighted by Gasteiger charge is 2.38. The maximum atomic E-state index is 6.00. The molecule has 0 fully saturated rings. The molecule has 1 aromatic carbocycles. The molecule has 1 nitrogen and oxygen atoms in total. The van der Waals surface area contributed by atoms with Gasteiger partial charge in [-0.3, -0.25) is 0 Å². The van der Waals surface area contributed by atoms with Crippen LogP contribution in [0.1, 0.15) is 52.7 Å². The number of aryl methyl sites for hydroxylation is 1. The number of hydrogen-bond donors (Lipinski definition) is 0. The van der Waals surface area contributed by atoms with Crippen molar-refractivity contribution in [2.75, 3.05) is 7.11 Å². The van der Waals surface area contributed by atoms with E-state index < -0.39 is 8.07 Å². The van der Waals surface area contributed by atoms with Crippen molar-refractivity contribution < 1.29 is 4.74 Å². The SMILES string of the molecule is COc1c(C(C)(C)C)cc(C)cc1[Si](C)(C)C1=C(C)C(C)=CC1C. The molecule has 2 heteroatoms. The standard InChI is InChI=1S/C22H34OSi/c1-14-11-18(22(5,6)7)20(23-8)19(12-14)24(9,10)21-16(3)13-15(2)17(21)4/h11-13,16H,1-10H3. The molecule has 0 aromatic heterocycles. The Morgan fingerprint density at radius 1 is 1.04 bits per heavy atom. The smallest absolute Gasteiger partial charge is 0.122 e.